The summed E-state index contributed by atoms with van der Waals surface area (Å²) in [5, 5.41) is 2.10. The van der Waals surface area contributed by atoms with Crippen LogP contribution in [0.2, 0.25) is 0 Å². The number of halogens is 1. The van der Waals surface area contributed by atoms with Crippen LogP contribution in [0.3, 0.4) is 0 Å². The van der Waals surface area contributed by atoms with Gasteiger partial charge in [-0.2, -0.15) is 11.8 Å². The molecule has 0 radical (unpaired) electrons. The molecule has 3 nitrogen and oxygen atoms in total. The van der Waals surface area contributed by atoms with Gasteiger partial charge >= 0.3 is 0 Å². The SMILES string of the molecule is I.NC(=NCCc1cccs1)N1CCSCC1. The fourth-order valence-corrected chi connectivity index (χ4v) is 3.23. The van der Waals surface area contributed by atoms with Crippen LogP contribution in [0.5, 0.6) is 0 Å². The maximum atomic E-state index is 5.96. The molecule has 1 aromatic rings. The van der Waals surface area contributed by atoms with Gasteiger partial charge < -0.3 is 10.6 Å². The van der Waals surface area contributed by atoms with Gasteiger partial charge in [0.2, 0.25) is 0 Å². The summed E-state index contributed by atoms with van der Waals surface area (Å²) in [5.41, 5.74) is 5.96. The fraction of sp³-hybridized carbons (Fsp3) is 0.545. The Labute approximate surface area is 128 Å². The largest absolute Gasteiger partial charge is 0.370 e. The van der Waals surface area contributed by atoms with Crippen molar-refractivity contribution in [1.82, 2.24) is 4.90 Å². The average Bonchev–Trinajstić information content (AvgIpc) is 2.83. The summed E-state index contributed by atoms with van der Waals surface area (Å²) >= 11 is 3.77. The summed E-state index contributed by atoms with van der Waals surface area (Å²) in [7, 11) is 0. The van der Waals surface area contributed by atoms with Gasteiger partial charge in [0.1, 0.15) is 0 Å². The Morgan fingerprint density at radius 1 is 1.41 bits per heavy atom. The standard InChI is InChI=1S/C11H17N3S2.HI/c12-11(14-5-8-15-9-6-14)13-4-3-10-2-1-7-16-10;/h1-2,7H,3-6,8-9H2,(H2,12,13);1H. The average molecular weight is 383 g/mol. The van der Waals surface area contributed by atoms with Gasteiger partial charge in [-0.15, -0.1) is 35.3 Å². The van der Waals surface area contributed by atoms with Gasteiger partial charge in [0.05, 0.1) is 0 Å². The van der Waals surface area contributed by atoms with Crippen LogP contribution in [-0.4, -0.2) is 42.0 Å². The molecule has 0 aromatic carbocycles. The molecular formula is C11H18IN3S2. The first-order valence-electron chi connectivity index (χ1n) is 5.51. The highest BCUT2D eigenvalue weighted by Crippen LogP contribution is 2.10. The number of hydrogen-bond donors (Lipinski definition) is 1. The lowest BCUT2D eigenvalue weighted by molar-refractivity contribution is 0.456. The molecule has 1 aliphatic rings. The van der Waals surface area contributed by atoms with Gasteiger partial charge in [-0.3, -0.25) is 4.99 Å². The molecule has 1 aliphatic heterocycles. The lowest BCUT2D eigenvalue weighted by Gasteiger charge is -2.27. The van der Waals surface area contributed by atoms with Gasteiger partial charge in [-0.25, -0.2) is 0 Å². The Kier molecular flexibility index (Phi) is 7.29. The normalized spacial score (nSPS) is 16.7. The minimum Gasteiger partial charge on any atom is -0.370 e. The smallest absolute Gasteiger partial charge is 0.191 e. The van der Waals surface area contributed by atoms with Crippen molar-refractivity contribution >= 4 is 53.0 Å². The highest BCUT2D eigenvalue weighted by Gasteiger charge is 2.11. The van der Waals surface area contributed by atoms with E-state index < -0.39 is 0 Å². The van der Waals surface area contributed by atoms with E-state index in [1.54, 1.807) is 11.3 Å². The second kappa shape index (κ2) is 8.20. The molecule has 2 N–H and O–H groups in total. The van der Waals surface area contributed by atoms with Crippen LogP contribution in [0.1, 0.15) is 4.88 Å². The summed E-state index contributed by atoms with van der Waals surface area (Å²) < 4.78 is 0. The monoisotopic (exact) mass is 383 g/mol. The highest BCUT2D eigenvalue weighted by molar-refractivity contribution is 14.0. The zero-order valence-corrected chi connectivity index (χ0v) is 13.6. The van der Waals surface area contributed by atoms with Crippen LogP contribution < -0.4 is 5.73 Å². The summed E-state index contributed by atoms with van der Waals surface area (Å²) in [6.07, 6.45) is 1.00. The Balaban J connectivity index is 0.00000144. The van der Waals surface area contributed by atoms with Crippen molar-refractivity contribution in [1.29, 1.82) is 0 Å². The maximum absolute atomic E-state index is 5.96. The van der Waals surface area contributed by atoms with Gasteiger partial charge in [0, 0.05) is 42.4 Å². The first-order chi connectivity index (χ1) is 7.86. The van der Waals surface area contributed by atoms with Crippen LogP contribution in [0.15, 0.2) is 22.5 Å². The second-order valence-corrected chi connectivity index (χ2v) is 5.93. The summed E-state index contributed by atoms with van der Waals surface area (Å²) in [6, 6.07) is 4.23. The summed E-state index contributed by atoms with van der Waals surface area (Å²) in [5.74, 6) is 3.05. The molecule has 6 heteroatoms. The molecule has 0 saturated carbocycles. The molecule has 0 unspecified atom stereocenters. The lowest BCUT2D eigenvalue weighted by atomic mass is 10.3. The van der Waals surface area contributed by atoms with E-state index in [0.717, 1.165) is 32.0 Å². The molecule has 0 bridgehead atoms. The van der Waals surface area contributed by atoms with Crippen molar-refractivity contribution in [3.05, 3.63) is 22.4 Å². The van der Waals surface area contributed by atoms with E-state index in [-0.39, 0.29) is 24.0 Å². The van der Waals surface area contributed by atoms with E-state index in [0.29, 0.717) is 0 Å². The topological polar surface area (TPSA) is 41.6 Å². The van der Waals surface area contributed by atoms with Gasteiger partial charge in [-0.1, -0.05) is 6.07 Å². The predicted octanol–water partition coefficient (Wildman–Crippen LogP) is 2.27. The lowest BCUT2D eigenvalue weighted by Crippen LogP contribution is -2.42. The van der Waals surface area contributed by atoms with Crippen LogP contribution in [0.4, 0.5) is 0 Å². The maximum Gasteiger partial charge on any atom is 0.191 e. The molecule has 1 aromatic heterocycles. The van der Waals surface area contributed by atoms with E-state index in [9.17, 15) is 0 Å². The molecule has 0 atom stereocenters. The Bertz CT molecular complexity index is 334. The van der Waals surface area contributed by atoms with Crippen LogP contribution >= 0.6 is 47.1 Å². The fourth-order valence-electron chi connectivity index (χ4n) is 1.63. The van der Waals surface area contributed by atoms with Gasteiger partial charge in [-0.05, 0) is 11.4 Å². The van der Waals surface area contributed by atoms with Gasteiger partial charge in [0.15, 0.2) is 5.96 Å². The molecule has 2 rings (SSSR count). The first-order valence-corrected chi connectivity index (χ1v) is 7.54. The molecule has 1 saturated heterocycles. The number of aliphatic imine (C=N–C) groups is 1. The zero-order valence-electron chi connectivity index (χ0n) is 9.67. The van der Waals surface area contributed by atoms with Crippen molar-refractivity contribution < 1.29 is 0 Å². The quantitative estimate of drug-likeness (QED) is 0.495. The second-order valence-electron chi connectivity index (χ2n) is 3.67. The van der Waals surface area contributed by atoms with Crippen molar-refractivity contribution in [2.75, 3.05) is 31.1 Å². The third-order valence-electron chi connectivity index (χ3n) is 2.55. The Hall–Kier alpha value is 0.0500. The summed E-state index contributed by atoms with van der Waals surface area (Å²) in [6.45, 7) is 2.88. The predicted molar refractivity (Wildman–Crippen MR) is 88.8 cm³/mol. The van der Waals surface area contributed by atoms with Gasteiger partial charge in [0.25, 0.3) is 0 Å². The zero-order chi connectivity index (χ0) is 11.2. The number of thiophene rings is 1. The molecule has 2 heterocycles. The third kappa shape index (κ3) is 5.05. The molecule has 96 valence electrons. The molecule has 1 fully saturated rings. The summed E-state index contributed by atoms with van der Waals surface area (Å²) in [4.78, 5) is 8.01. The first kappa shape index (κ1) is 15.1. The molecule has 0 spiro atoms. The molecular weight excluding hydrogens is 365 g/mol. The minimum atomic E-state index is 0. The van der Waals surface area contributed by atoms with Crippen molar-refractivity contribution in [3.63, 3.8) is 0 Å². The number of thioether (sulfide) groups is 1. The van der Waals surface area contributed by atoms with Crippen LogP contribution in [-0.2, 0) is 6.42 Å². The van der Waals surface area contributed by atoms with Crippen molar-refractivity contribution in [2.24, 2.45) is 10.7 Å². The number of nitrogens with zero attached hydrogens (tertiary/aromatic N) is 2. The van der Waals surface area contributed by atoms with Crippen molar-refractivity contribution in [3.8, 4) is 0 Å². The highest BCUT2D eigenvalue weighted by atomic mass is 127. The van der Waals surface area contributed by atoms with Crippen molar-refractivity contribution in [2.45, 2.75) is 6.42 Å². The van der Waals surface area contributed by atoms with E-state index in [2.05, 4.69) is 27.4 Å². The Morgan fingerprint density at radius 2 is 2.18 bits per heavy atom. The minimum absolute atomic E-state index is 0. The molecule has 0 aliphatic carbocycles. The molecule has 17 heavy (non-hydrogen) atoms. The molecule has 0 amide bonds. The van der Waals surface area contributed by atoms with E-state index in [1.807, 2.05) is 11.8 Å². The van der Waals surface area contributed by atoms with Crippen LogP contribution in [0.25, 0.3) is 0 Å². The number of nitrogens with two attached hydrogens (primary N) is 1. The van der Waals surface area contributed by atoms with E-state index in [1.165, 1.54) is 16.4 Å². The van der Waals surface area contributed by atoms with E-state index >= 15 is 0 Å². The third-order valence-corrected chi connectivity index (χ3v) is 4.43. The van der Waals surface area contributed by atoms with E-state index in [4.69, 9.17) is 5.73 Å². The van der Waals surface area contributed by atoms with Crippen LogP contribution in [0, 0.1) is 0 Å². The number of guanidine groups is 1. The Morgan fingerprint density at radius 3 is 2.82 bits per heavy atom. The number of hydrogen-bond acceptors (Lipinski definition) is 3. The number of rotatable bonds is 3.